The van der Waals surface area contributed by atoms with Crippen LogP contribution in [0.2, 0.25) is 0 Å². The molecule has 2 heterocycles. The molecule has 9 aromatic carbocycles. The lowest BCUT2D eigenvalue weighted by Gasteiger charge is -2.19. The molecular weight excluding hydrogens is 633 g/mol. The summed E-state index contributed by atoms with van der Waals surface area (Å²) in [6.07, 6.45) is 0. The van der Waals surface area contributed by atoms with E-state index >= 15 is 0 Å². The molecule has 2 nitrogen and oxygen atoms in total. The second-order valence-electron chi connectivity index (χ2n) is 11.9. The van der Waals surface area contributed by atoms with Crippen molar-refractivity contribution in [2.24, 2.45) is 0 Å². The molecule has 242 valence electrons. The van der Waals surface area contributed by atoms with Crippen molar-refractivity contribution in [3.8, 4) is 44.5 Å². The first kappa shape index (κ1) is 15.1. The lowest BCUT2D eigenvalue weighted by molar-refractivity contribution is 0.663. The number of benzene rings is 9. The minimum absolute atomic E-state index is 0.0201. The van der Waals surface area contributed by atoms with Gasteiger partial charge in [-0.25, -0.2) is 0 Å². The third-order valence-corrected chi connectivity index (χ3v) is 9.11. The number of furan rings is 2. The molecule has 0 saturated carbocycles. The predicted molar refractivity (Wildman–Crippen MR) is 218 cm³/mol. The fourth-order valence-corrected chi connectivity index (χ4v) is 6.90. The van der Waals surface area contributed by atoms with Gasteiger partial charge in [0.2, 0.25) is 0 Å². The van der Waals surface area contributed by atoms with Gasteiger partial charge < -0.3 is 8.83 Å². The summed E-state index contributed by atoms with van der Waals surface area (Å²) in [5.74, 6) is 0. The Balaban J connectivity index is 1.28. The highest BCUT2D eigenvalue weighted by Gasteiger charge is 2.20. The predicted octanol–water partition coefficient (Wildman–Crippen LogP) is 14.5. The van der Waals surface area contributed by atoms with Crippen LogP contribution in [0.25, 0.3) is 110 Å². The van der Waals surface area contributed by atoms with E-state index in [0.717, 1.165) is 0 Å². The van der Waals surface area contributed by atoms with E-state index in [1.165, 1.54) is 0 Å². The summed E-state index contributed by atoms with van der Waals surface area (Å²) in [5, 5.41) is -2.17. The van der Waals surface area contributed by atoms with E-state index in [-0.39, 0.29) is 49.0 Å². The first-order chi connectivity index (χ1) is 34.6. The van der Waals surface area contributed by atoms with Crippen LogP contribution in [0.3, 0.4) is 0 Å². The van der Waals surface area contributed by atoms with Crippen LogP contribution in [-0.2, 0) is 0 Å². The molecule has 0 spiro atoms. The number of hydrogen-bond donors (Lipinski definition) is 0. The van der Waals surface area contributed by atoms with Crippen LogP contribution in [0.15, 0.2) is 190 Å². The topological polar surface area (TPSA) is 26.3 Å². The molecule has 11 rings (SSSR count). The maximum atomic E-state index is 9.65. The zero-order valence-electron chi connectivity index (χ0n) is 47.5. The Hall–Kier alpha value is -6.90. The van der Waals surface area contributed by atoms with Gasteiger partial charge in [-0.05, 0) is 96.3 Å². The van der Waals surface area contributed by atoms with Gasteiger partial charge >= 0.3 is 0 Å². The van der Waals surface area contributed by atoms with Crippen molar-refractivity contribution in [3.63, 3.8) is 0 Å². The van der Waals surface area contributed by atoms with Crippen LogP contribution in [-0.4, -0.2) is 0 Å². The summed E-state index contributed by atoms with van der Waals surface area (Å²) in [5.41, 5.74) is -2.68. The van der Waals surface area contributed by atoms with Crippen LogP contribution in [0, 0.1) is 0 Å². The Morgan fingerprint density at radius 2 is 0.827 bits per heavy atom. The molecule has 0 amide bonds. The summed E-state index contributed by atoms with van der Waals surface area (Å²) >= 11 is 0. The molecule has 0 aliphatic heterocycles. The first-order valence-electron chi connectivity index (χ1n) is 26.6. The van der Waals surface area contributed by atoms with Gasteiger partial charge in [-0.3, -0.25) is 0 Å². The molecule has 0 bridgehead atoms. The van der Waals surface area contributed by atoms with Gasteiger partial charge in [-0.1, -0.05) is 151 Å². The van der Waals surface area contributed by atoms with E-state index < -0.39 is 171 Å². The Morgan fingerprint density at radius 1 is 0.327 bits per heavy atom. The summed E-state index contributed by atoms with van der Waals surface area (Å²) in [6, 6.07) is 0.274. The Kier molecular flexibility index (Phi) is 3.29. The average molecular weight is 684 g/mol. The number of rotatable bonds is 4. The fourth-order valence-electron chi connectivity index (χ4n) is 6.90. The molecule has 0 aliphatic rings. The van der Waals surface area contributed by atoms with Gasteiger partial charge in [0.15, 0.2) is 0 Å². The van der Waals surface area contributed by atoms with Crippen LogP contribution < -0.4 is 0 Å². The highest BCUT2D eigenvalue weighted by molar-refractivity contribution is 6.26. The molecule has 0 aliphatic carbocycles. The highest BCUT2D eigenvalue weighted by Crippen LogP contribution is 2.46. The first-order valence-corrected chi connectivity index (χ1v) is 16.1. The summed E-state index contributed by atoms with van der Waals surface area (Å²) in [4.78, 5) is 0. The highest BCUT2D eigenvalue weighted by atomic mass is 16.3. The van der Waals surface area contributed by atoms with E-state index in [2.05, 4.69) is 0 Å². The maximum absolute atomic E-state index is 9.65. The van der Waals surface area contributed by atoms with Crippen LogP contribution in [0.4, 0.5) is 0 Å². The summed E-state index contributed by atoms with van der Waals surface area (Å²) in [7, 11) is 0. The molecule has 0 N–H and O–H groups in total. The number of hydrogen-bond acceptors (Lipinski definition) is 2. The SMILES string of the molecule is [2H]c1c([2H])c(-c2c3c([2H])c([2H])c([2H])c([2H])c3c(-c3ccccc3-c3ccccc3)c3c([2H])c([2H])c([2H])c([2H])c23)c([2H])c([2H])c1-c1c([2H])c([2H])c2c(oc3c([2H])c([2H])c4oc5c([2H])c([2H])c([2H])c([2H])c5c4c32)c1[2H]. The molecule has 0 radical (unpaired) electrons. The Morgan fingerprint density at radius 3 is 1.50 bits per heavy atom. The average Bonchev–Trinajstić information content (AvgIpc) is 3.99. The van der Waals surface area contributed by atoms with E-state index in [4.69, 9.17) is 22.5 Å². The Bertz CT molecular complexity index is 4280. The second kappa shape index (κ2) is 11.3. The smallest absolute Gasteiger partial charge is 0.136 e. The summed E-state index contributed by atoms with van der Waals surface area (Å²) < 4.78 is 203. The maximum Gasteiger partial charge on any atom is 0.136 e. The van der Waals surface area contributed by atoms with Gasteiger partial charge in [-0.15, -0.1) is 0 Å². The third kappa shape index (κ3) is 4.31. The molecule has 0 fully saturated rings. The monoisotopic (exact) mass is 683 g/mol. The van der Waals surface area contributed by atoms with Crippen LogP contribution in [0.5, 0.6) is 0 Å². The van der Waals surface area contributed by atoms with E-state index in [0.29, 0.717) is 16.7 Å². The second-order valence-corrected chi connectivity index (χ2v) is 11.9. The van der Waals surface area contributed by atoms with Gasteiger partial charge in [0.25, 0.3) is 0 Å². The molecule has 2 heteroatoms. The van der Waals surface area contributed by atoms with Crippen LogP contribution >= 0.6 is 0 Å². The molecule has 11 aromatic rings. The van der Waals surface area contributed by atoms with Crippen molar-refractivity contribution >= 4 is 65.4 Å². The van der Waals surface area contributed by atoms with E-state index in [9.17, 15) is 15.1 Å². The molecule has 0 unspecified atom stereocenters. The lowest BCUT2D eigenvalue weighted by Crippen LogP contribution is -1.92. The van der Waals surface area contributed by atoms with Crippen molar-refractivity contribution in [1.82, 2.24) is 0 Å². The van der Waals surface area contributed by atoms with Crippen LogP contribution in [0.1, 0.15) is 28.8 Å². The fraction of sp³-hybridized carbons (Fsp3) is 0. The number of para-hydroxylation sites is 1. The normalized spacial score (nSPS) is 17.5. The van der Waals surface area contributed by atoms with Crippen molar-refractivity contribution in [2.45, 2.75) is 0 Å². The lowest BCUT2D eigenvalue weighted by atomic mass is 9.83. The summed E-state index contributed by atoms with van der Waals surface area (Å²) in [6.45, 7) is 0. The molecule has 2 aromatic heterocycles. The largest absolute Gasteiger partial charge is 0.456 e. The molecule has 0 atom stereocenters. The van der Waals surface area contributed by atoms with E-state index in [1.807, 2.05) is 0 Å². The minimum Gasteiger partial charge on any atom is -0.456 e. The van der Waals surface area contributed by atoms with Gasteiger partial charge in [-0.2, -0.15) is 0 Å². The van der Waals surface area contributed by atoms with E-state index in [1.54, 1.807) is 54.6 Å². The van der Waals surface area contributed by atoms with Crippen molar-refractivity contribution in [1.29, 1.82) is 0 Å². The zero-order chi connectivity index (χ0) is 52.4. The molecule has 0 saturated heterocycles. The Labute approximate surface area is 329 Å². The zero-order valence-corrected chi connectivity index (χ0v) is 26.5. The minimum atomic E-state index is -0.928. The van der Waals surface area contributed by atoms with Crippen molar-refractivity contribution in [3.05, 3.63) is 181 Å². The standard InChI is InChI=1S/C50H30O2/c1-2-12-32(13-3-1)35-14-4-5-15-36(35)48-39-18-8-6-16-37(39)47(38-17-7-9-19-40(38)48)33-24-22-31(23-25-33)34-26-27-42-46(30-34)52-45-29-28-44-49(50(42)45)41-20-10-11-21-43(41)51-44/h1-30H/i6D,7D,8D,9D,10D,11D,16D,17D,18D,19D,20D,21D,22D,23D,24D,25D,26D,27D,28D,29D,30D. The quantitative estimate of drug-likeness (QED) is 0.173. The third-order valence-electron chi connectivity index (χ3n) is 9.11. The van der Waals surface area contributed by atoms with Gasteiger partial charge in [0.05, 0.1) is 28.8 Å². The molecular formula is C50H30O2. The van der Waals surface area contributed by atoms with Crippen molar-refractivity contribution in [2.75, 3.05) is 0 Å². The molecule has 52 heavy (non-hydrogen) atoms. The van der Waals surface area contributed by atoms with Gasteiger partial charge in [0.1, 0.15) is 22.3 Å². The number of fused-ring (bicyclic) bond motifs is 9. The van der Waals surface area contributed by atoms with Crippen molar-refractivity contribution < 1.29 is 37.6 Å². The van der Waals surface area contributed by atoms with Gasteiger partial charge in [0, 0.05) is 21.5 Å².